The average Bonchev–Trinajstić information content (AvgIpc) is 3.09. The predicted molar refractivity (Wildman–Crippen MR) is 94.4 cm³/mol. The van der Waals surface area contributed by atoms with Crippen molar-refractivity contribution >= 4 is 17.4 Å². The molecule has 2 atom stereocenters. The first-order valence-corrected chi connectivity index (χ1v) is 8.21. The first-order valence-electron chi connectivity index (χ1n) is 8.21. The number of hydrogen-bond donors (Lipinski definition) is 2. The lowest BCUT2D eigenvalue weighted by Crippen LogP contribution is -2.30. The number of amides is 1. The number of aryl methyl sites for hydroxylation is 1. The third kappa shape index (κ3) is 4.12. The summed E-state index contributed by atoms with van der Waals surface area (Å²) in [7, 11) is 0. The number of nitro groups is 1. The Balaban J connectivity index is 1.70. The minimum absolute atomic E-state index is 0.0159. The second kappa shape index (κ2) is 7.44. The molecule has 0 radical (unpaired) electrons. The third-order valence-electron chi connectivity index (χ3n) is 4.13. The van der Waals surface area contributed by atoms with Gasteiger partial charge >= 0.3 is 0 Å². The molecular weight excluding hydrogens is 338 g/mol. The maximum absolute atomic E-state index is 11.1. The maximum Gasteiger partial charge on any atom is 0.269 e. The number of hydrogen-bond acceptors (Lipinski definition) is 7. The number of benzene rings is 1. The number of ether oxygens (including phenoxy) is 1. The van der Waals surface area contributed by atoms with Crippen LogP contribution < -0.4 is 11.1 Å². The van der Waals surface area contributed by atoms with Crippen molar-refractivity contribution in [1.82, 2.24) is 9.97 Å². The molecule has 1 aromatic heterocycles. The molecule has 1 fully saturated rings. The first kappa shape index (κ1) is 17.7. The number of rotatable bonds is 6. The number of nitrogens with zero attached hydrogens (tertiary/aromatic N) is 3. The van der Waals surface area contributed by atoms with Crippen LogP contribution in [-0.4, -0.2) is 39.6 Å². The fourth-order valence-electron chi connectivity index (χ4n) is 2.80. The summed E-state index contributed by atoms with van der Waals surface area (Å²) < 4.78 is 5.58. The molecule has 0 bridgehead atoms. The number of carbonyl (C=O) groups is 1. The molecule has 1 aromatic carbocycles. The van der Waals surface area contributed by atoms with Gasteiger partial charge in [-0.05, 0) is 31.9 Å². The lowest BCUT2D eigenvalue weighted by Gasteiger charge is -2.14. The van der Waals surface area contributed by atoms with Crippen LogP contribution in [-0.2, 0) is 9.53 Å². The zero-order chi connectivity index (χ0) is 18.7. The minimum Gasteiger partial charge on any atom is -0.367 e. The average molecular weight is 357 g/mol. The fraction of sp³-hybridized carbons (Fsp3) is 0.353. The van der Waals surface area contributed by atoms with Crippen LogP contribution in [0.5, 0.6) is 0 Å². The molecule has 0 aliphatic carbocycles. The van der Waals surface area contributed by atoms with Gasteiger partial charge < -0.3 is 15.8 Å². The van der Waals surface area contributed by atoms with Crippen molar-refractivity contribution in [3.8, 4) is 11.4 Å². The lowest BCUT2D eigenvalue weighted by atomic mass is 10.2. The molecule has 26 heavy (non-hydrogen) atoms. The van der Waals surface area contributed by atoms with E-state index in [0.29, 0.717) is 30.2 Å². The summed E-state index contributed by atoms with van der Waals surface area (Å²) in [6, 6.07) is 7.88. The van der Waals surface area contributed by atoms with Gasteiger partial charge in [0.25, 0.3) is 5.69 Å². The molecule has 1 saturated heterocycles. The topological polar surface area (TPSA) is 133 Å². The van der Waals surface area contributed by atoms with E-state index in [1.165, 1.54) is 12.1 Å². The van der Waals surface area contributed by atoms with Gasteiger partial charge in [0.05, 0.1) is 11.0 Å². The Kier molecular flexibility index (Phi) is 5.08. The highest BCUT2D eigenvalue weighted by Crippen LogP contribution is 2.23. The van der Waals surface area contributed by atoms with E-state index in [9.17, 15) is 14.9 Å². The summed E-state index contributed by atoms with van der Waals surface area (Å²) in [5.41, 5.74) is 6.72. The van der Waals surface area contributed by atoms with E-state index < -0.39 is 16.9 Å². The number of carbonyl (C=O) groups excluding carboxylic acids is 1. The van der Waals surface area contributed by atoms with Gasteiger partial charge in [0.15, 0.2) is 5.82 Å². The van der Waals surface area contributed by atoms with Crippen molar-refractivity contribution in [2.45, 2.75) is 32.0 Å². The van der Waals surface area contributed by atoms with Crippen molar-refractivity contribution in [1.29, 1.82) is 0 Å². The molecule has 2 heterocycles. The Labute approximate surface area is 149 Å². The van der Waals surface area contributed by atoms with Crippen molar-refractivity contribution < 1.29 is 14.5 Å². The molecule has 1 aliphatic rings. The summed E-state index contributed by atoms with van der Waals surface area (Å²) in [6.45, 7) is 2.34. The van der Waals surface area contributed by atoms with Crippen molar-refractivity contribution in [3.63, 3.8) is 0 Å². The second-order valence-electron chi connectivity index (χ2n) is 6.13. The van der Waals surface area contributed by atoms with Crippen molar-refractivity contribution in [3.05, 3.63) is 46.1 Å². The van der Waals surface area contributed by atoms with Crippen molar-refractivity contribution in [2.75, 3.05) is 11.9 Å². The molecule has 9 nitrogen and oxygen atoms in total. The van der Waals surface area contributed by atoms with E-state index in [1.54, 1.807) is 18.2 Å². The fourth-order valence-corrected chi connectivity index (χ4v) is 2.80. The third-order valence-corrected chi connectivity index (χ3v) is 4.13. The summed E-state index contributed by atoms with van der Waals surface area (Å²) >= 11 is 0. The summed E-state index contributed by atoms with van der Waals surface area (Å²) in [4.78, 5) is 30.3. The zero-order valence-corrected chi connectivity index (χ0v) is 14.2. The minimum atomic E-state index is -0.524. The molecule has 3 rings (SSSR count). The quantitative estimate of drug-likeness (QED) is 0.595. The smallest absolute Gasteiger partial charge is 0.269 e. The molecule has 1 amide bonds. The number of aromatic nitrogens is 2. The number of nitrogens with two attached hydrogens (primary N) is 1. The van der Waals surface area contributed by atoms with Gasteiger partial charge in [-0.15, -0.1) is 0 Å². The van der Waals surface area contributed by atoms with Crippen LogP contribution >= 0.6 is 0 Å². The van der Waals surface area contributed by atoms with Crippen LogP contribution in [0.25, 0.3) is 11.4 Å². The Bertz CT molecular complexity index is 824. The summed E-state index contributed by atoms with van der Waals surface area (Å²) in [5, 5.41) is 13.9. The number of nitrogens with one attached hydrogen (secondary N) is 1. The molecule has 3 N–H and O–H groups in total. The molecule has 0 saturated carbocycles. The number of non-ortho nitro benzene ring substituents is 1. The van der Waals surface area contributed by atoms with Gasteiger partial charge in [0, 0.05) is 36.0 Å². The van der Waals surface area contributed by atoms with Crippen LogP contribution in [0, 0.1) is 17.0 Å². The molecule has 0 spiro atoms. The molecular formula is C17H19N5O4. The summed E-state index contributed by atoms with van der Waals surface area (Å²) in [5.74, 6) is 0.660. The SMILES string of the molecule is Cc1cc(NCC2CCC(C(N)=O)O2)nc(-c2ccc([N+](=O)[O-])cc2)n1. The first-order chi connectivity index (χ1) is 12.4. The van der Waals surface area contributed by atoms with Crippen LogP contribution in [0.2, 0.25) is 0 Å². The molecule has 136 valence electrons. The van der Waals surface area contributed by atoms with Gasteiger partial charge in [0.1, 0.15) is 11.9 Å². The Morgan fingerprint density at radius 1 is 1.35 bits per heavy atom. The molecule has 2 unspecified atom stereocenters. The van der Waals surface area contributed by atoms with E-state index in [2.05, 4.69) is 15.3 Å². The summed E-state index contributed by atoms with van der Waals surface area (Å²) in [6.07, 6.45) is 0.744. The maximum atomic E-state index is 11.1. The zero-order valence-electron chi connectivity index (χ0n) is 14.2. The van der Waals surface area contributed by atoms with E-state index >= 15 is 0 Å². The van der Waals surface area contributed by atoms with E-state index in [-0.39, 0.29) is 11.8 Å². The molecule has 1 aliphatic heterocycles. The Morgan fingerprint density at radius 2 is 2.08 bits per heavy atom. The van der Waals surface area contributed by atoms with Gasteiger partial charge in [-0.3, -0.25) is 14.9 Å². The van der Waals surface area contributed by atoms with Gasteiger partial charge in [-0.25, -0.2) is 9.97 Å². The highest BCUT2D eigenvalue weighted by Gasteiger charge is 2.28. The standard InChI is InChI=1S/C17H19N5O4/c1-10-8-15(19-9-13-6-7-14(26-13)16(18)23)21-17(20-10)11-2-4-12(5-3-11)22(24)25/h2-5,8,13-14H,6-7,9H2,1H3,(H2,18,23)(H,19,20,21). The second-order valence-corrected chi connectivity index (χ2v) is 6.13. The number of nitro benzene ring substituents is 1. The van der Waals surface area contributed by atoms with Gasteiger partial charge in [-0.1, -0.05) is 0 Å². The van der Waals surface area contributed by atoms with Crippen molar-refractivity contribution in [2.24, 2.45) is 5.73 Å². The van der Waals surface area contributed by atoms with Crippen LogP contribution in [0.15, 0.2) is 30.3 Å². The van der Waals surface area contributed by atoms with E-state index in [0.717, 1.165) is 12.1 Å². The predicted octanol–water partition coefficient (Wildman–Crippen LogP) is 1.81. The van der Waals surface area contributed by atoms with Crippen LogP contribution in [0.4, 0.5) is 11.5 Å². The highest BCUT2D eigenvalue weighted by molar-refractivity contribution is 5.79. The van der Waals surface area contributed by atoms with E-state index in [1.807, 2.05) is 6.92 Å². The molecule has 2 aromatic rings. The number of primary amides is 1. The molecule has 9 heteroatoms. The normalized spacial score (nSPS) is 19.3. The van der Waals surface area contributed by atoms with Gasteiger partial charge in [0.2, 0.25) is 5.91 Å². The Morgan fingerprint density at radius 3 is 2.69 bits per heavy atom. The number of anilines is 1. The Hall–Kier alpha value is -3.07. The highest BCUT2D eigenvalue weighted by atomic mass is 16.6. The monoisotopic (exact) mass is 357 g/mol. The van der Waals surface area contributed by atoms with Gasteiger partial charge in [-0.2, -0.15) is 0 Å². The largest absolute Gasteiger partial charge is 0.367 e. The van der Waals surface area contributed by atoms with Crippen LogP contribution in [0.3, 0.4) is 0 Å². The van der Waals surface area contributed by atoms with Crippen LogP contribution in [0.1, 0.15) is 18.5 Å². The lowest BCUT2D eigenvalue weighted by molar-refractivity contribution is -0.384. The van der Waals surface area contributed by atoms with E-state index in [4.69, 9.17) is 10.5 Å².